The Morgan fingerprint density at radius 2 is 2.29 bits per heavy atom. The van der Waals surface area contributed by atoms with Gasteiger partial charge in [0.05, 0.1) is 0 Å². The molecule has 74 valence electrons. The summed E-state index contributed by atoms with van der Waals surface area (Å²) in [4.78, 5) is 13.2. The molecule has 1 aromatic heterocycles. The predicted octanol–water partition coefficient (Wildman–Crippen LogP) is 1.15. The third-order valence-corrected chi connectivity index (χ3v) is 1.84. The van der Waals surface area contributed by atoms with E-state index in [1.165, 1.54) is 6.07 Å². The fourth-order valence-corrected chi connectivity index (χ4v) is 1.32. The fraction of sp³-hybridized carbons (Fsp3) is 0.400. The van der Waals surface area contributed by atoms with E-state index in [-0.39, 0.29) is 17.0 Å². The maximum Gasteiger partial charge on any atom is 0.251 e. The SMILES string of the molecule is CC(C)Cc1cc(=O)[nH]c(O)c1C#N. The van der Waals surface area contributed by atoms with E-state index in [4.69, 9.17) is 5.26 Å². The highest BCUT2D eigenvalue weighted by Gasteiger charge is 2.10. The molecule has 1 rings (SSSR count). The molecule has 14 heavy (non-hydrogen) atoms. The smallest absolute Gasteiger partial charge is 0.251 e. The van der Waals surface area contributed by atoms with Crippen LogP contribution >= 0.6 is 0 Å². The summed E-state index contributed by atoms with van der Waals surface area (Å²) in [6.45, 7) is 3.97. The van der Waals surface area contributed by atoms with Crippen molar-refractivity contribution in [3.05, 3.63) is 27.5 Å². The molecule has 0 radical (unpaired) electrons. The molecule has 4 nitrogen and oxygen atoms in total. The summed E-state index contributed by atoms with van der Waals surface area (Å²) in [7, 11) is 0. The van der Waals surface area contributed by atoms with Crippen molar-refractivity contribution in [2.75, 3.05) is 0 Å². The summed E-state index contributed by atoms with van der Waals surface area (Å²) in [5.41, 5.74) is 0.388. The highest BCUT2D eigenvalue weighted by molar-refractivity contribution is 5.43. The molecular formula is C10H12N2O2. The van der Waals surface area contributed by atoms with Crippen LogP contribution in [0, 0.1) is 17.2 Å². The van der Waals surface area contributed by atoms with Gasteiger partial charge in [0.1, 0.15) is 11.6 Å². The van der Waals surface area contributed by atoms with Crippen LogP contribution in [-0.4, -0.2) is 10.1 Å². The molecule has 0 amide bonds. The Kier molecular flexibility index (Phi) is 2.92. The van der Waals surface area contributed by atoms with Gasteiger partial charge in [0.2, 0.25) is 5.88 Å². The molecule has 0 bridgehead atoms. The fourth-order valence-electron chi connectivity index (χ4n) is 1.32. The molecule has 0 unspecified atom stereocenters. The second-order valence-electron chi connectivity index (χ2n) is 3.59. The van der Waals surface area contributed by atoms with Crippen molar-refractivity contribution in [1.82, 2.24) is 4.98 Å². The number of aromatic hydroxyl groups is 1. The lowest BCUT2D eigenvalue weighted by Gasteiger charge is -2.06. The molecule has 4 heteroatoms. The lowest BCUT2D eigenvalue weighted by atomic mass is 10.00. The van der Waals surface area contributed by atoms with Crippen LogP contribution in [0.2, 0.25) is 0 Å². The Balaban J connectivity index is 3.27. The first-order valence-corrected chi connectivity index (χ1v) is 4.40. The number of aromatic nitrogens is 1. The molecule has 0 fully saturated rings. The van der Waals surface area contributed by atoms with Crippen molar-refractivity contribution in [3.8, 4) is 11.9 Å². The minimum atomic E-state index is -0.378. The van der Waals surface area contributed by atoms with Crippen LogP contribution in [-0.2, 0) is 6.42 Å². The van der Waals surface area contributed by atoms with E-state index >= 15 is 0 Å². The van der Waals surface area contributed by atoms with Gasteiger partial charge in [-0.1, -0.05) is 13.8 Å². The number of nitrogens with zero attached hydrogens (tertiary/aromatic N) is 1. The van der Waals surface area contributed by atoms with E-state index in [1.54, 1.807) is 0 Å². The maximum absolute atomic E-state index is 11.0. The molecule has 0 saturated heterocycles. The van der Waals surface area contributed by atoms with Crippen molar-refractivity contribution in [2.45, 2.75) is 20.3 Å². The van der Waals surface area contributed by atoms with Gasteiger partial charge >= 0.3 is 0 Å². The van der Waals surface area contributed by atoms with E-state index in [0.29, 0.717) is 17.9 Å². The Labute approximate surface area is 81.8 Å². The summed E-state index contributed by atoms with van der Waals surface area (Å²) in [6.07, 6.45) is 0.611. The highest BCUT2D eigenvalue weighted by atomic mass is 16.3. The molecule has 1 aromatic rings. The molecule has 0 aliphatic heterocycles. The highest BCUT2D eigenvalue weighted by Crippen LogP contribution is 2.17. The topological polar surface area (TPSA) is 76.9 Å². The second kappa shape index (κ2) is 3.97. The van der Waals surface area contributed by atoms with Crippen LogP contribution in [0.5, 0.6) is 5.88 Å². The van der Waals surface area contributed by atoms with E-state index in [1.807, 2.05) is 19.9 Å². The van der Waals surface area contributed by atoms with Gasteiger partial charge in [0, 0.05) is 6.07 Å². The molecular weight excluding hydrogens is 180 g/mol. The Hall–Kier alpha value is -1.76. The van der Waals surface area contributed by atoms with Gasteiger partial charge in [0.15, 0.2) is 0 Å². The average Bonchev–Trinajstić information content (AvgIpc) is 2.01. The number of rotatable bonds is 2. The van der Waals surface area contributed by atoms with Crippen LogP contribution in [0.4, 0.5) is 0 Å². The molecule has 1 heterocycles. The van der Waals surface area contributed by atoms with E-state index in [2.05, 4.69) is 4.98 Å². The van der Waals surface area contributed by atoms with E-state index in [9.17, 15) is 9.90 Å². The van der Waals surface area contributed by atoms with E-state index < -0.39 is 0 Å². The zero-order chi connectivity index (χ0) is 10.7. The zero-order valence-electron chi connectivity index (χ0n) is 8.16. The minimum absolute atomic E-state index is 0.165. The van der Waals surface area contributed by atoms with Crippen LogP contribution in [0.25, 0.3) is 0 Å². The number of pyridine rings is 1. The van der Waals surface area contributed by atoms with Gasteiger partial charge in [-0.2, -0.15) is 5.26 Å². The minimum Gasteiger partial charge on any atom is -0.494 e. The van der Waals surface area contributed by atoms with Gasteiger partial charge in [-0.05, 0) is 17.9 Å². The standard InChI is InChI=1S/C10H12N2O2/c1-6(2)3-7-4-9(13)12-10(14)8(7)5-11/h4,6H,3H2,1-2H3,(H2,12,13,14). The normalized spacial score (nSPS) is 10.1. The Morgan fingerprint density at radius 1 is 1.64 bits per heavy atom. The number of nitrogens with one attached hydrogen (secondary N) is 1. The number of aromatic amines is 1. The van der Waals surface area contributed by atoms with Crippen LogP contribution in [0.3, 0.4) is 0 Å². The van der Waals surface area contributed by atoms with Gasteiger partial charge in [-0.3, -0.25) is 9.78 Å². The molecule has 0 atom stereocenters. The molecule has 2 N–H and O–H groups in total. The van der Waals surface area contributed by atoms with Gasteiger partial charge in [-0.25, -0.2) is 0 Å². The first-order chi connectivity index (χ1) is 6.54. The Bertz CT molecular complexity index is 427. The summed E-state index contributed by atoms with van der Waals surface area (Å²) in [6, 6.07) is 3.24. The Morgan fingerprint density at radius 3 is 2.79 bits per heavy atom. The van der Waals surface area contributed by atoms with Crippen LogP contribution < -0.4 is 5.56 Å². The number of H-pyrrole nitrogens is 1. The van der Waals surface area contributed by atoms with Crippen molar-refractivity contribution in [3.63, 3.8) is 0 Å². The summed E-state index contributed by atoms with van der Waals surface area (Å²) >= 11 is 0. The summed E-state index contributed by atoms with van der Waals surface area (Å²) in [5.74, 6) is -0.000972. The summed E-state index contributed by atoms with van der Waals surface area (Å²) < 4.78 is 0. The van der Waals surface area contributed by atoms with Crippen molar-refractivity contribution in [2.24, 2.45) is 5.92 Å². The molecule has 0 aliphatic carbocycles. The van der Waals surface area contributed by atoms with Crippen LogP contribution in [0.15, 0.2) is 10.9 Å². The van der Waals surface area contributed by atoms with E-state index in [0.717, 1.165) is 0 Å². The van der Waals surface area contributed by atoms with Gasteiger partial charge < -0.3 is 5.11 Å². The van der Waals surface area contributed by atoms with Crippen molar-refractivity contribution in [1.29, 1.82) is 5.26 Å². The lowest BCUT2D eigenvalue weighted by Crippen LogP contribution is -2.09. The predicted molar refractivity (Wildman–Crippen MR) is 52.0 cm³/mol. The largest absolute Gasteiger partial charge is 0.494 e. The molecule has 0 aliphatic rings. The molecule has 0 aromatic carbocycles. The quantitative estimate of drug-likeness (QED) is 0.737. The third kappa shape index (κ3) is 2.13. The number of nitriles is 1. The summed E-state index contributed by atoms with van der Waals surface area (Å²) in [5, 5.41) is 18.1. The average molecular weight is 192 g/mol. The van der Waals surface area contributed by atoms with Crippen molar-refractivity contribution >= 4 is 0 Å². The third-order valence-electron chi connectivity index (χ3n) is 1.84. The first-order valence-electron chi connectivity index (χ1n) is 4.40. The van der Waals surface area contributed by atoms with Crippen molar-refractivity contribution < 1.29 is 5.11 Å². The molecule has 0 saturated carbocycles. The van der Waals surface area contributed by atoms with Crippen LogP contribution in [0.1, 0.15) is 25.0 Å². The zero-order valence-corrected chi connectivity index (χ0v) is 8.16. The lowest BCUT2D eigenvalue weighted by molar-refractivity contribution is 0.448. The van der Waals surface area contributed by atoms with Gasteiger partial charge in [-0.15, -0.1) is 0 Å². The number of hydrogen-bond acceptors (Lipinski definition) is 3. The maximum atomic E-state index is 11.0. The van der Waals surface area contributed by atoms with Gasteiger partial charge in [0.25, 0.3) is 5.56 Å². The second-order valence-corrected chi connectivity index (χ2v) is 3.59. The number of hydrogen-bond donors (Lipinski definition) is 2. The first kappa shape index (κ1) is 10.3. The molecule has 0 spiro atoms. The monoisotopic (exact) mass is 192 g/mol.